The normalized spacial score (nSPS) is 16.2. The van der Waals surface area contributed by atoms with E-state index in [-0.39, 0.29) is 11.4 Å². The summed E-state index contributed by atoms with van der Waals surface area (Å²) in [5.41, 5.74) is 0.711. The predicted molar refractivity (Wildman–Crippen MR) is 90.5 cm³/mol. The Bertz CT molecular complexity index is 973. The van der Waals surface area contributed by atoms with Gasteiger partial charge in [-0.25, -0.2) is 13.4 Å². The van der Waals surface area contributed by atoms with Gasteiger partial charge in [-0.1, -0.05) is 18.2 Å². The molecule has 1 aromatic carbocycles. The Morgan fingerprint density at radius 1 is 1.29 bits per heavy atom. The zero-order chi connectivity index (χ0) is 16.8. The van der Waals surface area contributed by atoms with Crippen molar-refractivity contribution in [3.05, 3.63) is 53.8 Å². The van der Waals surface area contributed by atoms with Gasteiger partial charge in [0.1, 0.15) is 0 Å². The first-order valence-electron chi connectivity index (χ1n) is 7.52. The highest BCUT2D eigenvalue weighted by atomic mass is 32.2. The van der Waals surface area contributed by atoms with Crippen molar-refractivity contribution in [2.75, 3.05) is 0 Å². The van der Waals surface area contributed by atoms with Crippen LogP contribution in [0, 0.1) is 0 Å². The average molecular weight is 361 g/mol. The summed E-state index contributed by atoms with van der Waals surface area (Å²) in [4.78, 5) is 18.0. The number of hydrogen-bond donors (Lipinski definition) is 1. The van der Waals surface area contributed by atoms with Crippen molar-refractivity contribution in [3.63, 3.8) is 0 Å². The highest BCUT2D eigenvalue weighted by molar-refractivity contribution is 7.94. The van der Waals surface area contributed by atoms with E-state index in [2.05, 4.69) is 10.3 Å². The van der Waals surface area contributed by atoms with Crippen molar-refractivity contribution in [2.45, 2.75) is 29.0 Å². The van der Waals surface area contributed by atoms with Crippen LogP contribution in [0.5, 0.6) is 0 Å². The quantitative estimate of drug-likeness (QED) is 0.754. The summed E-state index contributed by atoms with van der Waals surface area (Å²) >= 11 is 1.51. The Hall–Kier alpha value is -2.19. The van der Waals surface area contributed by atoms with Gasteiger partial charge in [-0.15, -0.1) is 11.3 Å². The lowest BCUT2D eigenvalue weighted by Gasteiger charge is -2.16. The summed E-state index contributed by atoms with van der Waals surface area (Å²) in [5, 5.41) is 4.67. The van der Waals surface area contributed by atoms with E-state index in [4.69, 9.17) is 0 Å². The number of carbonyl (C=O) groups excluding carboxylic acids is 1. The van der Waals surface area contributed by atoms with E-state index in [1.165, 1.54) is 23.5 Å². The number of hydrogen-bond acceptors (Lipinski definition) is 5. The second-order valence-electron chi connectivity index (χ2n) is 5.82. The van der Waals surface area contributed by atoms with Gasteiger partial charge in [-0.3, -0.25) is 9.20 Å². The van der Waals surface area contributed by atoms with Crippen molar-refractivity contribution in [3.8, 4) is 0 Å². The zero-order valence-corrected chi connectivity index (χ0v) is 14.3. The molecule has 1 N–H and O–H groups in total. The lowest BCUT2D eigenvalue weighted by molar-refractivity contribution is -0.121. The molecule has 0 aliphatic heterocycles. The van der Waals surface area contributed by atoms with Crippen molar-refractivity contribution in [1.82, 2.24) is 14.7 Å². The number of fused-ring (bicyclic) bond motifs is 1. The Morgan fingerprint density at radius 2 is 2.04 bits per heavy atom. The molecule has 1 amide bonds. The van der Waals surface area contributed by atoms with Crippen molar-refractivity contribution in [1.29, 1.82) is 0 Å². The van der Waals surface area contributed by atoms with Crippen LogP contribution in [-0.4, -0.2) is 28.5 Å². The minimum Gasteiger partial charge on any atom is -0.349 e. The molecule has 0 radical (unpaired) electrons. The number of nitrogens with one attached hydrogen (secondary N) is 1. The lowest BCUT2D eigenvalue weighted by atomic mass is 10.3. The Morgan fingerprint density at radius 3 is 2.71 bits per heavy atom. The van der Waals surface area contributed by atoms with E-state index in [9.17, 15) is 13.2 Å². The maximum absolute atomic E-state index is 12.8. The molecule has 0 spiro atoms. The molecule has 0 saturated heterocycles. The number of rotatable bonds is 5. The number of benzene rings is 1. The molecule has 3 aromatic rings. The monoisotopic (exact) mass is 361 g/mol. The first-order valence-corrected chi connectivity index (χ1v) is 9.88. The van der Waals surface area contributed by atoms with E-state index >= 15 is 0 Å². The average Bonchev–Trinajstić information content (AvgIpc) is 3.16. The van der Waals surface area contributed by atoms with Crippen LogP contribution < -0.4 is 5.32 Å². The first-order chi connectivity index (χ1) is 11.5. The zero-order valence-electron chi connectivity index (χ0n) is 12.7. The van der Waals surface area contributed by atoms with Gasteiger partial charge in [0.2, 0.25) is 5.91 Å². The van der Waals surface area contributed by atoms with Crippen LogP contribution in [0.4, 0.5) is 0 Å². The molecule has 0 unspecified atom stereocenters. The first kappa shape index (κ1) is 15.3. The summed E-state index contributed by atoms with van der Waals surface area (Å²) < 4.78 is 26.1. The molecule has 2 aromatic heterocycles. The van der Waals surface area contributed by atoms with Crippen molar-refractivity contribution in [2.24, 2.45) is 0 Å². The van der Waals surface area contributed by atoms with E-state index in [0.29, 0.717) is 18.5 Å². The van der Waals surface area contributed by atoms with Gasteiger partial charge in [-0.2, -0.15) is 0 Å². The van der Waals surface area contributed by atoms with Gasteiger partial charge in [0.05, 0.1) is 17.1 Å². The van der Waals surface area contributed by atoms with Crippen molar-refractivity contribution < 1.29 is 13.2 Å². The van der Waals surface area contributed by atoms with Gasteiger partial charge in [-0.05, 0) is 25.0 Å². The highest BCUT2D eigenvalue weighted by Crippen LogP contribution is 2.47. The molecule has 0 bridgehead atoms. The van der Waals surface area contributed by atoms with E-state index in [1.807, 2.05) is 22.2 Å². The molecular formula is C16H15N3O3S2. The van der Waals surface area contributed by atoms with Gasteiger partial charge >= 0.3 is 0 Å². The SMILES string of the molecule is O=C(NCc1cn2ccsc2n1)C1(S(=O)(=O)c2ccccc2)CC1. The third-order valence-corrected chi connectivity index (χ3v) is 7.55. The summed E-state index contributed by atoms with van der Waals surface area (Å²) in [6, 6.07) is 8.15. The summed E-state index contributed by atoms with van der Waals surface area (Å²) in [7, 11) is -3.68. The van der Waals surface area contributed by atoms with Crippen LogP contribution in [0.25, 0.3) is 4.96 Å². The highest BCUT2D eigenvalue weighted by Gasteiger charge is 2.61. The standard InChI is InChI=1S/C16H15N3O3S2/c20-14(17-10-12-11-19-8-9-23-15(19)18-12)16(6-7-16)24(21,22)13-4-2-1-3-5-13/h1-5,8-9,11H,6-7,10H2,(H,17,20). The Kier molecular flexibility index (Phi) is 3.47. The van der Waals surface area contributed by atoms with Crippen LogP contribution in [-0.2, 0) is 21.2 Å². The number of nitrogens with zero attached hydrogens (tertiary/aromatic N) is 2. The maximum atomic E-state index is 12.8. The topological polar surface area (TPSA) is 80.5 Å². The second kappa shape index (κ2) is 5.42. The molecule has 1 saturated carbocycles. The van der Waals surface area contributed by atoms with E-state index < -0.39 is 20.5 Å². The fraction of sp³-hybridized carbons (Fsp3) is 0.250. The second-order valence-corrected chi connectivity index (χ2v) is 8.95. The molecule has 124 valence electrons. The molecule has 2 heterocycles. The van der Waals surface area contributed by atoms with Gasteiger partial charge in [0.15, 0.2) is 19.5 Å². The predicted octanol–water partition coefficient (Wildman–Crippen LogP) is 2.02. The third kappa shape index (κ3) is 2.33. The summed E-state index contributed by atoms with van der Waals surface area (Å²) in [6.45, 7) is 0.222. The van der Waals surface area contributed by atoms with Gasteiger partial charge < -0.3 is 5.32 Å². The Balaban J connectivity index is 1.52. The minimum absolute atomic E-state index is 0.195. The fourth-order valence-corrected chi connectivity index (χ4v) is 5.39. The van der Waals surface area contributed by atoms with Crippen LogP contribution in [0.3, 0.4) is 0 Å². The molecule has 1 fully saturated rings. The molecular weight excluding hydrogens is 346 g/mol. The molecule has 4 rings (SSSR count). The van der Waals surface area contributed by atoms with E-state index in [0.717, 1.165) is 4.96 Å². The van der Waals surface area contributed by atoms with Crippen LogP contribution in [0.15, 0.2) is 53.0 Å². The number of thiazole rings is 1. The van der Waals surface area contributed by atoms with Crippen molar-refractivity contribution >= 4 is 32.0 Å². The lowest BCUT2D eigenvalue weighted by Crippen LogP contribution is -2.41. The summed E-state index contributed by atoms with van der Waals surface area (Å²) in [5.74, 6) is -0.442. The Labute approximate surface area is 143 Å². The minimum atomic E-state index is -3.68. The van der Waals surface area contributed by atoms with Gasteiger partial charge in [0.25, 0.3) is 0 Å². The number of carbonyl (C=O) groups is 1. The fourth-order valence-electron chi connectivity index (χ4n) is 2.75. The molecule has 6 nitrogen and oxygen atoms in total. The number of amides is 1. The number of imidazole rings is 1. The van der Waals surface area contributed by atoms with Crippen LogP contribution in [0.1, 0.15) is 18.5 Å². The van der Waals surface area contributed by atoms with Crippen LogP contribution in [0.2, 0.25) is 0 Å². The molecule has 1 aliphatic carbocycles. The third-order valence-electron chi connectivity index (χ3n) is 4.26. The largest absolute Gasteiger partial charge is 0.349 e. The number of sulfone groups is 1. The smallest absolute Gasteiger partial charge is 0.242 e. The molecule has 0 atom stereocenters. The summed E-state index contributed by atoms with van der Waals surface area (Å²) in [6.07, 6.45) is 4.43. The van der Waals surface area contributed by atoms with Crippen LogP contribution >= 0.6 is 11.3 Å². The number of aromatic nitrogens is 2. The molecule has 24 heavy (non-hydrogen) atoms. The maximum Gasteiger partial charge on any atom is 0.242 e. The van der Waals surface area contributed by atoms with Gasteiger partial charge in [0, 0.05) is 17.8 Å². The van der Waals surface area contributed by atoms with E-state index in [1.54, 1.807) is 18.2 Å². The molecule has 8 heteroatoms. The molecule has 1 aliphatic rings.